The normalized spacial score (nSPS) is 12.4. The lowest BCUT2D eigenvalue weighted by molar-refractivity contribution is 0.551. The molecule has 0 spiro atoms. The molecule has 0 fully saturated rings. The van der Waals surface area contributed by atoms with Gasteiger partial charge >= 0.3 is 0 Å². The zero-order chi connectivity index (χ0) is 14.7. The largest absolute Gasteiger partial charge is 0.313 e. The molecular formula is C15H13BrClF2N. The number of likely N-dealkylation sites (N-methyl/N-ethyl adjacent to an activating group) is 1. The van der Waals surface area contributed by atoms with Crippen molar-refractivity contribution in [2.75, 3.05) is 7.05 Å². The second-order valence-electron chi connectivity index (χ2n) is 4.41. The summed E-state index contributed by atoms with van der Waals surface area (Å²) in [4.78, 5) is 0. The SMILES string of the molecule is CNC(Cc1c(F)cccc1Cl)c1ccc(F)cc1Br. The molecule has 1 nitrogen and oxygen atoms in total. The molecule has 0 saturated heterocycles. The predicted molar refractivity (Wildman–Crippen MR) is 81.0 cm³/mol. The van der Waals surface area contributed by atoms with Crippen LogP contribution in [0.2, 0.25) is 5.02 Å². The van der Waals surface area contributed by atoms with Crippen molar-refractivity contribution in [3.8, 4) is 0 Å². The molecular weight excluding hydrogens is 348 g/mol. The number of halogens is 4. The van der Waals surface area contributed by atoms with Gasteiger partial charge in [-0.15, -0.1) is 0 Å². The monoisotopic (exact) mass is 359 g/mol. The zero-order valence-electron chi connectivity index (χ0n) is 10.8. The van der Waals surface area contributed by atoms with Crippen LogP contribution in [0.5, 0.6) is 0 Å². The Balaban J connectivity index is 2.34. The molecule has 5 heteroatoms. The number of benzene rings is 2. The van der Waals surface area contributed by atoms with Gasteiger partial charge in [0, 0.05) is 21.1 Å². The molecule has 0 radical (unpaired) electrons. The van der Waals surface area contributed by atoms with Crippen molar-refractivity contribution in [3.63, 3.8) is 0 Å². The van der Waals surface area contributed by atoms with Crippen molar-refractivity contribution in [1.29, 1.82) is 0 Å². The summed E-state index contributed by atoms with van der Waals surface area (Å²) in [5.41, 5.74) is 1.30. The van der Waals surface area contributed by atoms with E-state index in [0.717, 1.165) is 5.56 Å². The van der Waals surface area contributed by atoms with Crippen LogP contribution in [0.1, 0.15) is 17.2 Å². The van der Waals surface area contributed by atoms with Crippen LogP contribution < -0.4 is 5.32 Å². The Bertz CT molecular complexity index is 599. The van der Waals surface area contributed by atoms with Gasteiger partial charge in [0.05, 0.1) is 0 Å². The van der Waals surface area contributed by atoms with E-state index in [1.54, 1.807) is 25.2 Å². The Morgan fingerprint density at radius 1 is 1.25 bits per heavy atom. The standard InChI is InChI=1S/C15H13BrClF2N/c1-20-15(10-6-5-9(18)7-12(10)16)8-11-13(17)3-2-4-14(11)19/h2-7,15,20H,8H2,1H3. The van der Waals surface area contributed by atoms with Gasteiger partial charge in [-0.2, -0.15) is 0 Å². The van der Waals surface area contributed by atoms with Gasteiger partial charge in [-0.1, -0.05) is 39.7 Å². The molecule has 1 unspecified atom stereocenters. The lowest BCUT2D eigenvalue weighted by Crippen LogP contribution is -2.20. The lowest BCUT2D eigenvalue weighted by Gasteiger charge is -2.19. The fourth-order valence-corrected chi connectivity index (χ4v) is 2.95. The number of nitrogens with one attached hydrogen (secondary N) is 1. The molecule has 20 heavy (non-hydrogen) atoms. The second kappa shape index (κ2) is 6.66. The highest BCUT2D eigenvalue weighted by molar-refractivity contribution is 9.10. The smallest absolute Gasteiger partial charge is 0.127 e. The van der Waals surface area contributed by atoms with Crippen molar-refractivity contribution in [1.82, 2.24) is 5.32 Å². The van der Waals surface area contributed by atoms with E-state index in [1.807, 2.05) is 0 Å². The van der Waals surface area contributed by atoms with E-state index in [1.165, 1.54) is 18.2 Å². The second-order valence-corrected chi connectivity index (χ2v) is 5.67. The lowest BCUT2D eigenvalue weighted by atomic mass is 9.98. The topological polar surface area (TPSA) is 12.0 Å². The number of hydrogen-bond acceptors (Lipinski definition) is 1. The molecule has 1 N–H and O–H groups in total. The van der Waals surface area contributed by atoms with Crippen LogP contribution >= 0.6 is 27.5 Å². The maximum atomic E-state index is 13.8. The predicted octanol–water partition coefficient (Wildman–Crippen LogP) is 4.88. The van der Waals surface area contributed by atoms with Crippen LogP contribution in [0.4, 0.5) is 8.78 Å². The Kier molecular flexibility index (Phi) is 5.13. The highest BCUT2D eigenvalue weighted by Crippen LogP contribution is 2.30. The number of hydrogen-bond donors (Lipinski definition) is 1. The van der Waals surface area contributed by atoms with Crippen molar-refractivity contribution in [2.24, 2.45) is 0 Å². The minimum atomic E-state index is -0.337. The number of rotatable bonds is 4. The van der Waals surface area contributed by atoms with E-state index in [4.69, 9.17) is 11.6 Å². The molecule has 1 atom stereocenters. The van der Waals surface area contributed by atoms with E-state index < -0.39 is 0 Å². The molecule has 2 rings (SSSR count). The van der Waals surface area contributed by atoms with Gasteiger partial charge < -0.3 is 5.32 Å². The van der Waals surface area contributed by atoms with Crippen LogP contribution in [-0.2, 0) is 6.42 Å². The molecule has 0 amide bonds. The van der Waals surface area contributed by atoms with E-state index in [2.05, 4.69) is 21.2 Å². The van der Waals surface area contributed by atoms with Crippen LogP contribution in [0.25, 0.3) is 0 Å². The molecule has 0 heterocycles. The molecule has 0 aliphatic heterocycles. The van der Waals surface area contributed by atoms with Crippen LogP contribution in [0.3, 0.4) is 0 Å². The van der Waals surface area contributed by atoms with Crippen LogP contribution in [0, 0.1) is 11.6 Å². The fourth-order valence-electron chi connectivity index (χ4n) is 2.08. The van der Waals surface area contributed by atoms with Crippen LogP contribution in [0.15, 0.2) is 40.9 Å². The average Bonchev–Trinajstić information content (AvgIpc) is 2.40. The van der Waals surface area contributed by atoms with Gasteiger partial charge in [0.15, 0.2) is 0 Å². The first-order valence-electron chi connectivity index (χ1n) is 6.08. The van der Waals surface area contributed by atoms with Gasteiger partial charge in [0.25, 0.3) is 0 Å². The summed E-state index contributed by atoms with van der Waals surface area (Å²) < 4.78 is 27.6. The summed E-state index contributed by atoms with van der Waals surface area (Å²) in [7, 11) is 1.77. The summed E-state index contributed by atoms with van der Waals surface area (Å²) in [6.07, 6.45) is 0.381. The maximum Gasteiger partial charge on any atom is 0.127 e. The zero-order valence-corrected chi connectivity index (χ0v) is 13.1. The molecule has 2 aromatic rings. The Labute approximate surface area is 130 Å². The summed E-state index contributed by atoms with van der Waals surface area (Å²) in [5, 5.41) is 3.50. The van der Waals surface area contributed by atoms with Gasteiger partial charge in [-0.3, -0.25) is 0 Å². The van der Waals surface area contributed by atoms with Crippen molar-refractivity contribution in [3.05, 3.63) is 68.7 Å². The summed E-state index contributed by atoms with van der Waals surface area (Å²) in [6.45, 7) is 0. The average molecular weight is 361 g/mol. The highest BCUT2D eigenvalue weighted by atomic mass is 79.9. The van der Waals surface area contributed by atoms with Gasteiger partial charge in [0.2, 0.25) is 0 Å². The summed E-state index contributed by atoms with van der Waals surface area (Å²) >= 11 is 9.38. The summed E-state index contributed by atoms with van der Waals surface area (Å²) in [6, 6.07) is 8.90. The van der Waals surface area contributed by atoms with Gasteiger partial charge in [-0.05, 0) is 43.3 Å². The Morgan fingerprint density at radius 2 is 2.00 bits per heavy atom. The van der Waals surface area contributed by atoms with Crippen molar-refractivity contribution in [2.45, 2.75) is 12.5 Å². The van der Waals surface area contributed by atoms with Crippen molar-refractivity contribution >= 4 is 27.5 Å². The Hall–Kier alpha value is -0.970. The van der Waals surface area contributed by atoms with Crippen molar-refractivity contribution < 1.29 is 8.78 Å². The molecule has 0 aliphatic rings. The third-order valence-electron chi connectivity index (χ3n) is 3.16. The molecule has 0 aromatic heterocycles. The highest BCUT2D eigenvalue weighted by Gasteiger charge is 2.17. The van der Waals surface area contributed by atoms with Gasteiger partial charge in [0.1, 0.15) is 11.6 Å². The molecule has 0 saturated carbocycles. The molecule has 106 valence electrons. The Morgan fingerprint density at radius 3 is 2.60 bits per heavy atom. The quantitative estimate of drug-likeness (QED) is 0.819. The van der Waals surface area contributed by atoms with E-state index in [0.29, 0.717) is 21.5 Å². The third kappa shape index (κ3) is 3.37. The first-order chi connectivity index (χ1) is 9.52. The van der Waals surface area contributed by atoms with E-state index >= 15 is 0 Å². The fraction of sp³-hybridized carbons (Fsp3) is 0.200. The first kappa shape index (κ1) is 15.4. The first-order valence-corrected chi connectivity index (χ1v) is 7.25. The molecule has 0 aliphatic carbocycles. The van der Waals surface area contributed by atoms with Crippen LogP contribution in [-0.4, -0.2) is 7.05 Å². The van der Waals surface area contributed by atoms with E-state index in [9.17, 15) is 8.78 Å². The molecule has 2 aromatic carbocycles. The maximum absolute atomic E-state index is 13.8. The van der Waals surface area contributed by atoms with Gasteiger partial charge in [-0.25, -0.2) is 8.78 Å². The minimum absolute atomic E-state index is 0.167. The third-order valence-corrected chi connectivity index (χ3v) is 4.20. The molecule has 0 bridgehead atoms. The summed E-state index contributed by atoms with van der Waals surface area (Å²) in [5.74, 6) is -0.657. The van der Waals surface area contributed by atoms with E-state index in [-0.39, 0.29) is 17.7 Å². The minimum Gasteiger partial charge on any atom is -0.313 e.